The van der Waals surface area contributed by atoms with Crippen molar-refractivity contribution in [2.75, 3.05) is 33.7 Å². The van der Waals surface area contributed by atoms with Crippen molar-refractivity contribution < 1.29 is 0 Å². The first kappa shape index (κ1) is 13.8. The summed E-state index contributed by atoms with van der Waals surface area (Å²) in [4.78, 5) is 5.01. The van der Waals surface area contributed by atoms with E-state index in [2.05, 4.69) is 30.0 Å². The maximum Gasteiger partial charge on any atom is 0.0655 e. The molecular formula is C15H27N3. The van der Waals surface area contributed by atoms with Crippen molar-refractivity contribution in [2.45, 2.75) is 44.6 Å². The topological polar surface area (TPSA) is 30.3 Å². The van der Waals surface area contributed by atoms with E-state index in [1.54, 1.807) is 0 Å². The van der Waals surface area contributed by atoms with Gasteiger partial charge in [0.2, 0.25) is 0 Å². The second-order valence-corrected chi connectivity index (χ2v) is 6.32. The summed E-state index contributed by atoms with van der Waals surface area (Å²) in [5, 5.41) is 8.93. The lowest BCUT2D eigenvalue weighted by molar-refractivity contribution is 0.124. The van der Waals surface area contributed by atoms with Crippen LogP contribution in [0.5, 0.6) is 0 Å². The Morgan fingerprint density at radius 2 is 1.72 bits per heavy atom. The van der Waals surface area contributed by atoms with Gasteiger partial charge in [0.1, 0.15) is 0 Å². The number of hydrogen-bond donors (Lipinski definition) is 0. The molecule has 3 heteroatoms. The van der Waals surface area contributed by atoms with Gasteiger partial charge < -0.3 is 9.80 Å². The first-order chi connectivity index (χ1) is 8.69. The largest absolute Gasteiger partial charge is 0.306 e. The van der Waals surface area contributed by atoms with E-state index in [1.165, 1.54) is 45.3 Å². The molecule has 0 amide bonds. The van der Waals surface area contributed by atoms with Crippen LogP contribution in [0.25, 0.3) is 0 Å². The second kappa shape index (κ2) is 6.54. The summed E-state index contributed by atoms with van der Waals surface area (Å²) in [5.41, 5.74) is 0. The number of piperidine rings is 1. The lowest BCUT2D eigenvalue weighted by atomic mass is 9.85. The van der Waals surface area contributed by atoms with Crippen molar-refractivity contribution in [3.05, 3.63) is 0 Å². The molecule has 102 valence electrons. The molecule has 0 spiro atoms. The van der Waals surface area contributed by atoms with E-state index in [1.807, 2.05) is 0 Å². The molecule has 1 heterocycles. The molecular weight excluding hydrogens is 222 g/mol. The van der Waals surface area contributed by atoms with Crippen LogP contribution in [0.1, 0.15) is 38.5 Å². The highest BCUT2D eigenvalue weighted by Crippen LogP contribution is 2.28. The van der Waals surface area contributed by atoms with E-state index in [9.17, 15) is 0 Å². The maximum absolute atomic E-state index is 8.93. The zero-order chi connectivity index (χ0) is 13.0. The SMILES string of the molecule is CN1CCC(CN(C)C2CCC(C#N)CC2)CC1. The molecule has 2 rings (SSSR count). The van der Waals surface area contributed by atoms with Crippen molar-refractivity contribution in [3.8, 4) is 6.07 Å². The summed E-state index contributed by atoms with van der Waals surface area (Å²) in [6.45, 7) is 3.79. The molecule has 1 saturated carbocycles. The molecule has 0 aromatic heterocycles. The molecule has 0 radical (unpaired) electrons. The van der Waals surface area contributed by atoms with Crippen molar-refractivity contribution in [2.24, 2.45) is 11.8 Å². The summed E-state index contributed by atoms with van der Waals surface area (Å²) >= 11 is 0. The molecule has 0 aromatic rings. The fraction of sp³-hybridized carbons (Fsp3) is 0.933. The van der Waals surface area contributed by atoms with Crippen LogP contribution >= 0.6 is 0 Å². The summed E-state index contributed by atoms with van der Waals surface area (Å²) in [6.07, 6.45) is 7.38. The normalized spacial score (nSPS) is 31.4. The van der Waals surface area contributed by atoms with E-state index >= 15 is 0 Å². The molecule has 1 aliphatic carbocycles. The molecule has 0 atom stereocenters. The van der Waals surface area contributed by atoms with Gasteiger partial charge in [-0.1, -0.05) is 0 Å². The van der Waals surface area contributed by atoms with Crippen LogP contribution in [-0.4, -0.2) is 49.6 Å². The first-order valence-corrected chi connectivity index (χ1v) is 7.47. The maximum atomic E-state index is 8.93. The minimum absolute atomic E-state index is 0.331. The zero-order valence-corrected chi connectivity index (χ0v) is 11.9. The molecule has 1 aliphatic heterocycles. The van der Waals surface area contributed by atoms with E-state index in [0.29, 0.717) is 5.92 Å². The van der Waals surface area contributed by atoms with Gasteiger partial charge in [-0.2, -0.15) is 5.26 Å². The molecule has 3 nitrogen and oxygen atoms in total. The third kappa shape index (κ3) is 3.70. The molecule has 18 heavy (non-hydrogen) atoms. The molecule has 0 bridgehead atoms. The fourth-order valence-corrected chi connectivity index (χ4v) is 3.45. The van der Waals surface area contributed by atoms with Gasteiger partial charge in [0, 0.05) is 18.5 Å². The number of nitrogens with zero attached hydrogens (tertiary/aromatic N) is 3. The first-order valence-electron chi connectivity index (χ1n) is 7.47. The van der Waals surface area contributed by atoms with Gasteiger partial charge in [-0.25, -0.2) is 0 Å². The molecule has 2 fully saturated rings. The average Bonchev–Trinajstić information content (AvgIpc) is 2.41. The lowest BCUT2D eigenvalue weighted by Crippen LogP contribution is -2.41. The highest BCUT2D eigenvalue weighted by molar-refractivity contribution is 4.89. The summed E-state index contributed by atoms with van der Waals surface area (Å²) < 4.78 is 0. The Morgan fingerprint density at radius 3 is 2.28 bits per heavy atom. The minimum atomic E-state index is 0.331. The number of nitriles is 1. The van der Waals surface area contributed by atoms with Crippen molar-refractivity contribution in [1.29, 1.82) is 5.26 Å². The van der Waals surface area contributed by atoms with Gasteiger partial charge in [-0.15, -0.1) is 0 Å². The highest BCUT2D eigenvalue weighted by Gasteiger charge is 2.26. The minimum Gasteiger partial charge on any atom is -0.306 e. The standard InChI is InChI=1S/C15H27N3/c1-17-9-7-14(8-10-17)12-18(2)15-5-3-13(11-16)4-6-15/h13-15H,3-10,12H2,1-2H3. The van der Waals surface area contributed by atoms with E-state index < -0.39 is 0 Å². The van der Waals surface area contributed by atoms with Gasteiger partial charge in [0.05, 0.1) is 6.07 Å². The number of likely N-dealkylation sites (tertiary alicyclic amines) is 1. The Labute approximate surface area is 112 Å². The molecule has 0 unspecified atom stereocenters. The molecule has 1 saturated heterocycles. The van der Waals surface area contributed by atoms with Crippen LogP contribution in [0, 0.1) is 23.2 Å². The Hall–Kier alpha value is -0.590. The van der Waals surface area contributed by atoms with Crippen molar-refractivity contribution >= 4 is 0 Å². The molecule has 2 aliphatic rings. The van der Waals surface area contributed by atoms with Crippen LogP contribution < -0.4 is 0 Å². The van der Waals surface area contributed by atoms with Gasteiger partial charge in [-0.3, -0.25) is 0 Å². The Balaban J connectivity index is 1.72. The van der Waals surface area contributed by atoms with Crippen LogP contribution in [0.4, 0.5) is 0 Å². The fourth-order valence-electron chi connectivity index (χ4n) is 3.45. The number of rotatable bonds is 3. The quantitative estimate of drug-likeness (QED) is 0.769. The van der Waals surface area contributed by atoms with Gasteiger partial charge in [0.25, 0.3) is 0 Å². The Bertz CT molecular complexity index is 281. The lowest BCUT2D eigenvalue weighted by Gasteiger charge is -2.37. The van der Waals surface area contributed by atoms with Crippen molar-refractivity contribution in [1.82, 2.24) is 9.80 Å². The smallest absolute Gasteiger partial charge is 0.0655 e. The van der Waals surface area contributed by atoms with E-state index in [4.69, 9.17) is 5.26 Å². The predicted octanol–water partition coefficient (Wildman–Crippen LogP) is 2.34. The average molecular weight is 249 g/mol. The van der Waals surface area contributed by atoms with Crippen LogP contribution in [0.15, 0.2) is 0 Å². The molecule has 0 aromatic carbocycles. The Morgan fingerprint density at radius 1 is 1.11 bits per heavy atom. The van der Waals surface area contributed by atoms with Crippen molar-refractivity contribution in [3.63, 3.8) is 0 Å². The van der Waals surface area contributed by atoms with Crippen LogP contribution in [-0.2, 0) is 0 Å². The van der Waals surface area contributed by atoms with E-state index in [0.717, 1.165) is 24.8 Å². The molecule has 0 N–H and O–H groups in total. The zero-order valence-electron chi connectivity index (χ0n) is 11.9. The number of hydrogen-bond acceptors (Lipinski definition) is 3. The third-order valence-corrected chi connectivity index (χ3v) is 4.89. The summed E-state index contributed by atoms with van der Waals surface area (Å²) in [5.74, 6) is 1.22. The monoisotopic (exact) mass is 249 g/mol. The predicted molar refractivity (Wildman–Crippen MR) is 74.2 cm³/mol. The summed E-state index contributed by atoms with van der Waals surface area (Å²) in [6, 6.07) is 3.16. The second-order valence-electron chi connectivity index (χ2n) is 6.32. The summed E-state index contributed by atoms with van der Waals surface area (Å²) in [7, 11) is 4.51. The van der Waals surface area contributed by atoms with Crippen LogP contribution in [0.2, 0.25) is 0 Å². The Kier molecular flexibility index (Phi) is 5.03. The third-order valence-electron chi connectivity index (χ3n) is 4.89. The van der Waals surface area contributed by atoms with Gasteiger partial charge >= 0.3 is 0 Å². The van der Waals surface area contributed by atoms with E-state index in [-0.39, 0.29) is 0 Å². The highest BCUT2D eigenvalue weighted by atomic mass is 15.1. The van der Waals surface area contributed by atoms with Gasteiger partial charge in [0.15, 0.2) is 0 Å². The van der Waals surface area contributed by atoms with Crippen LogP contribution in [0.3, 0.4) is 0 Å². The van der Waals surface area contributed by atoms with Gasteiger partial charge in [-0.05, 0) is 71.6 Å².